The number of thioether (sulfide) groups is 1. The second-order valence-corrected chi connectivity index (χ2v) is 8.33. The smallest absolute Gasteiger partial charge is 0.547 e. The number of rotatable bonds is 7. The minimum atomic E-state index is -2.43. The number of anilines is 1. The number of alkyl carbamates (subject to hydrolysis) is 1. The van der Waals surface area contributed by atoms with Gasteiger partial charge in [-0.05, 0) is 0 Å². The van der Waals surface area contributed by atoms with Gasteiger partial charge in [-0.3, -0.25) is 9.59 Å². The largest absolute Gasteiger partial charge is 1.00 e. The van der Waals surface area contributed by atoms with Gasteiger partial charge in [-0.25, -0.2) is 9.78 Å². The number of carboxylic acids is 1. The Kier molecular flexibility index (Phi) is 8.72. The van der Waals surface area contributed by atoms with Crippen molar-refractivity contribution in [3.8, 4) is 0 Å². The Morgan fingerprint density at radius 1 is 1.48 bits per heavy atom. The summed E-state index contributed by atoms with van der Waals surface area (Å²) < 4.78 is 10.1. The van der Waals surface area contributed by atoms with Gasteiger partial charge in [0.2, 0.25) is 6.29 Å². The molecule has 0 spiro atoms. The molecule has 3 rings (SSSR count). The molecule has 5 N–H and O–H groups in total. The maximum absolute atomic E-state index is 12.8. The second kappa shape index (κ2) is 10.7. The first-order chi connectivity index (χ1) is 15.2. The monoisotopic (exact) mass is 508 g/mol. The average molecular weight is 508 g/mol. The van der Waals surface area contributed by atoms with E-state index in [0.29, 0.717) is 5.57 Å². The van der Waals surface area contributed by atoms with Gasteiger partial charge >= 0.3 is 35.7 Å². The van der Waals surface area contributed by atoms with Gasteiger partial charge in [0, 0.05) is 37.1 Å². The van der Waals surface area contributed by atoms with E-state index in [4.69, 9.17) is 15.2 Å². The summed E-state index contributed by atoms with van der Waals surface area (Å²) in [5.74, 6) is -3.91. The fraction of sp³-hybridized carbons (Fsp3) is 0.375. The molecule has 0 saturated carbocycles. The van der Waals surface area contributed by atoms with Crippen LogP contribution in [0.15, 0.2) is 22.3 Å². The number of amides is 3. The molecule has 0 aliphatic carbocycles. The number of nitrogens with two attached hydrogens (primary N) is 1. The molecule has 0 radical (unpaired) electrons. The summed E-state index contributed by atoms with van der Waals surface area (Å²) >= 11 is 1.94. The molecule has 1 aromatic heterocycles. The molecule has 0 aromatic carbocycles. The van der Waals surface area contributed by atoms with E-state index in [1.54, 1.807) is 0 Å². The molecule has 3 heterocycles. The Bertz CT molecular complexity index is 1030. The van der Waals surface area contributed by atoms with Crippen LogP contribution in [0.2, 0.25) is 0 Å². The Balaban J connectivity index is 0.00000385. The molecule has 2 aliphatic rings. The van der Waals surface area contributed by atoms with Gasteiger partial charge in [-0.15, -0.1) is 23.1 Å². The molecular weight excluding hydrogens is 491 g/mol. The number of thiazole rings is 1. The molecule has 14 nitrogen and oxygen atoms in total. The van der Waals surface area contributed by atoms with Crippen LogP contribution in [0.1, 0.15) is 5.69 Å². The second-order valence-electron chi connectivity index (χ2n) is 6.37. The van der Waals surface area contributed by atoms with Gasteiger partial charge in [0.05, 0.1) is 5.97 Å². The Morgan fingerprint density at radius 3 is 2.70 bits per heavy atom. The van der Waals surface area contributed by atoms with Gasteiger partial charge in [-0.1, -0.05) is 5.16 Å². The number of fused-ring (bicyclic) bond motifs is 1. The van der Waals surface area contributed by atoms with E-state index >= 15 is 0 Å². The van der Waals surface area contributed by atoms with Gasteiger partial charge in [0.1, 0.15) is 11.1 Å². The van der Waals surface area contributed by atoms with E-state index in [9.17, 15) is 29.5 Å². The summed E-state index contributed by atoms with van der Waals surface area (Å²) in [5.41, 5.74) is 2.73. The van der Waals surface area contributed by atoms with E-state index in [1.165, 1.54) is 25.7 Å². The number of hydrogen-bond donors (Lipinski definition) is 4. The van der Waals surface area contributed by atoms with Crippen LogP contribution in [0.4, 0.5) is 9.93 Å². The molecular formula is C16H17N6NaO8S2. The summed E-state index contributed by atoms with van der Waals surface area (Å²) in [6, 6.07) is 0. The molecule has 1 saturated heterocycles. The van der Waals surface area contributed by atoms with Crippen LogP contribution in [0.25, 0.3) is 0 Å². The number of nitrogens with one attached hydrogen (secondary N) is 2. The topological polar surface area (TPSA) is 209 Å². The number of nitrogens with zero attached hydrogens (tertiary/aromatic N) is 3. The molecule has 33 heavy (non-hydrogen) atoms. The van der Waals surface area contributed by atoms with Crippen molar-refractivity contribution in [1.82, 2.24) is 20.5 Å². The number of carbonyl (C=O) groups is 4. The fourth-order valence-electron chi connectivity index (χ4n) is 3.04. The minimum Gasteiger partial charge on any atom is -0.547 e. The van der Waals surface area contributed by atoms with Crippen LogP contribution < -0.4 is 51.0 Å². The molecule has 3 amide bonds. The van der Waals surface area contributed by atoms with Crippen LogP contribution >= 0.6 is 23.1 Å². The van der Waals surface area contributed by atoms with Gasteiger partial charge in [0.25, 0.3) is 11.8 Å². The number of carbonyl (C=O) groups excluding carboxylic acids is 4. The number of methoxy groups -OCH3 is 1. The third kappa shape index (κ3) is 4.80. The summed E-state index contributed by atoms with van der Waals surface area (Å²) in [4.78, 5) is 53.7. The first-order valence-corrected chi connectivity index (χ1v) is 10.7. The maximum Gasteiger partial charge on any atom is 1.00 e. The number of nitrogen functional groups attached to an aromatic ring is 1. The number of β-lactam (4-membered cyclic amide) rings is 1. The summed E-state index contributed by atoms with van der Waals surface area (Å²) in [5, 5.41) is 28.7. The van der Waals surface area contributed by atoms with E-state index in [0.717, 1.165) is 28.0 Å². The van der Waals surface area contributed by atoms with Crippen LogP contribution in [-0.2, 0) is 23.9 Å². The van der Waals surface area contributed by atoms with Gasteiger partial charge < -0.3 is 45.8 Å². The van der Waals surface area contributed by atoms with E-state index in [1.807, 2.05) is 0 Å². The predicted octanol–water partition coefficient (Wildman–Crippen LogP) is -5.36. The summed E-state index contributed by atoms with van der Waals surface area (Å²) in [6.07, 6.45) is -0.600. The predicted molar refractivity (Wildman–Crippen MR) is 108 cm³/mol. The van der Waals surface area contributed by atoms with Gasteiger partial charge in [0.15, 0.2) is 16.4 Å². The number of oxime groups is 1. The van der Waals surface area contributed by atoms with Crippen molar-refractivity contribution in [3.05, 3.63) is 22.8 Å². The third-order valence-electron chi connectivity index (χ3n) is 4.56. The molecule has 3 atom stereocenters. The zero-order valence-corrected chi connectivity index (χ0v) is 21.2. The summed E-state index contributed by atoms with van der Waals surface area (Å²) in [7, 11) is 2.64. The number of aliphatic carboxylic acids is 1. The van der Waals surface area contributed by atoms with E-state index in [-0.39, 0.29) is 46.1 Å². The van der Waals surface area contributed by atoms with Crippen LogP contribution in [-0.4, -0.2) is 81.8 Å². The Hall–Kier alpha value is -2.37. The summed E-state index contributed by atoms with van der Waals surface area (Å²) in [6.45, 7) is 0. The SMILES string of the molecule is CNC(=O)OC(OC)C1=CN2C(=O)C(NC(=O)/C(=N\O)c3csc(N)n3)(C(=O)[O-])[C@@H]2SC1.[Na+]. The van der Waals surface area contributed by atoms with Crippen molar-refractivity contribution in [2.75, 3.05) is 25.6 Å². The molecule has 1 aromatic rings. The molecule has 0 bridgehead atoms. The number of ether oxygens (including phenoxy) is 2. The van der Waals surface area contributed by atoms with Crippen molar-refractivity contribution >= 4 is 57.8 Å². The zero-order valence-electron chi connectivity index (χ0n) is 17.6. The standard InChI is InChI=1S/C16H18N6O8S2.Na/c1-18-15(27)30-10(29-2)6-3-22-11(24)16(13(25)26,12(22)31-4-6)20-9(23)8(21-28)7-5-32-14(17)19-7;/h3,5,10,12,28H,4H2,1-2H3,(H2,17,19)(H,18,27)(H,20,23)(H,25,26);/q;+1/p-1/b21-8-;/t10?,12-,16?;/m0./s1. The molecule has 2 aliphatic heterocycles. The minimum absolute atomic E-state index is 0. The third-order valence-corrected chi connectivity index (χ3v) is 6.63. The molecule has 17 heteroatoms. The van der Waals surface area contributed by atoms with Crippen LogP contribution in [0.5, 0.6) is 0 Å². The quantitative estimate of drug-likeness (QED) is 0.0520. The van der Waals surface area contributed by atoms with Crippen molar-refractivity contribution in [2.45, 2.75) is 17.2 Å². The van der Waals surface area contributed by atoms with Crippen LogP contribution in [0.3, 0.4) is 0 Å². The van der Waals surface area contributed by atoms with E-state index in [2.05, 4.69) is 20.8 Å². The normalized spacial score (nSPS) is 22.7. The first-order valence-electron chi connectivity index (χ1n) is 8.73. The molecule has 1 fully saturated rings. The number of aromatic nitrogens is 1. The van der Waals surface area contributed by atoms with Crippen molar-refractivity contribution in [2.24, 2.45) is 5.16 Å². The van der Waals surface area contributed by atoms with Crippen molar-refractivity contribution in [3.63, 3.8) is 0 Å². The maximum atomic E-state index is 12.8. The average Bonchev–Trinajstić information content (AvgIpc) is 3.20. The van der Waals surface area contributed by atoms with Crippen LogP contribution in [0, 0.1) is 0 Å². The molecule has 172 valence electrons. The first kappa shape index (κ1) is 26.9. The fourth-order valence-corrected chi connectivity index (χ4v) is 4.98. The number of hydrogen-bond acceptors (Lipinski definition) is 13. The molecule has 2 unspecified atom stereocenters. The number of carboxylic acid groups (broad SMARTS) is 1. The Morgan fingerprint density at radius 2 is 2.18 bits per heavy atom. The van der Waals surface area contributed by atoms with E-state index < -0.39 is 46.8 Å². The van der Waals surface area contributed by atoms with Crippen molar-refractivity contribution < 1.29 is 68.5 Å². The Labute approximate surface area is 216 Å². The van der Waals surface area contributed by atoms with Crippen molar-refractivity contribution in [1.29, 1.82) is 0 Å². The zero-order chi connectivity index (χ0) is 23.6. The van der Waals surface area contributed by atoms with Gasteiger partial charge in [-0.2, -0.15) is 0 Å².